The maximum atomic E-state index is 5.52. The number of hydrogen-bond donors (Lipinski definition) is 1. The Morgan fingerprint density at radius 2 is 1.71 bits per heavy atom. The van der Waals surface area contributed by atoms with Gasteiger partial charge >= 0.3 is 0 Å². The molecule has 2 heterocycles. The zero-order valence-electron chi connectivity index (χ0n) is 16.2. The van der Waals surface area contributed by atoms with Crippen LogP contribution in [0.4, 0.5) is 11.5 Å². The predicted octanol–water partition coefficient (Wildman–Crippen LogP) is 5.74. The first-order valence-corrected chi connectivity index (χ1v) is 9.79. The lowest BCUT2D eigenvalue weighted by Crippen LogP contribution is -2.00. The first kappa shape index (κ1) is 18.3. The Bertz CT molecular complexity index is 1140. The van der Waals surface area contributed by atoms with Crippen LogP contribution in [0.15, 0.2) is 47.8 Å². The molecule has 6 heteroatoms. The van der Waals surface area contributed by atoms with E-state index in [4.69, 9.17) is 14.5 Å². The van der Waals surface area contributed by atoms with Gasteiger partial charge in [-0.3, -0.25) is 0 Å². The van der Waals surface area contributed by atoms with E-state index in [2.05, 4.69) is 40.8 Å². The Labute approximate surface area is 168 Å². The topological polar surface area (TPSA) is 56.3 Å². The van der Waals surface area contributed by atoms with Crippen molar-refractivity contribution < 1.29 is 9.47 Å². The molecule has 4 aromatic rings. The molecule has 0 saturated heterocycles. The molecule has 0 aliphatic rings. The third-order valence-electron chi connectivity index (χ3n) is 4.55. The molecule has 0 bridgehead atoms. The number of rotatable bonds is 5. The number of ether oxygens (including phenoxy) is 2. The van der Waals surface area contributed by atoms with Gasteiger partial charge in [0.05, 0.1) is 25.3 Å². The number of hydrogen-bond acceptors (Lipinski definition) is 6. The minimum absolute atomic E-state index is 0.727. The number of aryl methyl sites for hydroxylation is 2. The molecular formula is C22H21N3O2S. The Morgan fingerprint density at radius 3 is 2.43 bits per heavy atom. The van der Waals surface area contributed by atoms with Crippen LogP contribution >= 0.6 is 11.3 Å². The van der Waals surface area contributed by atoms with Crippen molar-refractivity contribution in [3.8, 4) is 22.6 Å². The van der Waals surface area contributed by atoms with Crippen molar-refractivity contribution >= 4 is 33.1 Å². The fourth-order valence-corrected chi connectivity index (χ4v) is 4.16. The quantitative estimate of drug-likeness (QED) is 0.470. The SMILES string of the molecule is COc1ccc(-c2csc3nc(C)nc(Nc4cc(C)ccc4OC)c23)cc1. The molecule has 4 rings (SSSR count). The molecule has 0 fully saturated rings. The molecule has 0 aliphatic carbocycles. The third kappa shape index (κ3) is 3.39. The summed E-state index contributed by atoms with van der Waals surface area (Å²) < 4.78 is 10.8. The highest BCUT2D eigenvalue weighted by molar-refractivity contribution is 7.17. The molecule has 0 saturated carbocycles. The minimum atomic E-state index is 0.727. The number of fused-ring (bicyclic) bond motifs is 1. The molecule has 28 heavy (non-hydrogen) atoms. The number of thiophene rings is 1. The average molecular weight is 391 g/mol. The molecule has 5 nitrogen and oxygen atoms in total. The molecule has 2 aromatic carbocycles. The standard InChI is InChI=1S/C22H21N3O2S/c1-13-5-10-19(27-4)18(11-13)25-21-20-17(12-28-22(20)24-14(2)23-21)15-6-8-16(26-3)9-7-15/h5-12H,1-4H3,(H,23,24,25). The highest BCUT2D eigenvalue weighted by Gasteiger charge is 2.16. The summed E-state index contributed by atoms with van der Waals surface area (Å²) in [5.74, 6) is 3.11. The van der Waals surface area contributed by atoms with Crippen molar-refractivity contribution in [2.24, 2.45) is 0 Å². The molecule has 0 spiro atoms. The van der Waals surface area contributed by atoms with E-state index >= 15 is 0 Å². The largest absolute Gasteiger partial charge is 0.497 e. The van der Waals surface area contributed by atoms with Crippen molar-refractivity contribution in [1.29, 1.82) is 0 Å². The first-order valence-electron chi connectivity index (χ1n) is 8.91. The van der Waals surface area contributed by atoms with Crippen LogP contribution in [0, 0.1) is 13.8 Å². The highest BCUT2D eigenvalue weighted by Crippen LogP contribution is 2.39. The lowest BCUT2D eigenvalue weighted by atomic mass is 10.1. The first-order chi connectivity index (χ1) is 13.6. The van der Waals surface area contributed by atoms with Crippen molar-refractivity contribution in [1.82, 2.24) is 9.97 Å². The molecule has 0 amide bonds. The molecule has 2 aromatic heterocycles. The maximum Gasteiger partial charge on any atom is 0.143 e. The summed E-state index contributed by atoms with van der Waals surface area (Å²) in [6, 6.07) is 14.1. The second-order valence-corrected chi connectivity index (χ2v) is 7.36. The van der Waals surface area contributed by atoms with Crippen LogP contribution in [0.3, 0.4) is 0 Å². The number of nitrogens with one attached hydrogen (secondary N) is 1. The fourth-order valence-electron chi connectivity index (χ4n) is 3.17. The van der Waals surface area contributed by atoms with Crippen molar-refractivity contribution in [3.05, 3.63) is 59.2 Å². The molecule has 1 N–H and O–H groups in total. The van der Waals surface area contributed by atoms with E-state index in [0.717, 1.165) is 55.7 Å². The molecule has 0 atom stereocenters. The van der Waals surface area contributed by atoms with Gasteiger partial charge in [-0.25, -0.2) is 9.97 Å². The van der Waals surface area contributed by atoms with Crippen LogP contribution in [0.5, 0.6) is 11.5 Å². The molecule has 142 valence electrons. The van der Waals surface area contributed by atoms with Gasteiger partial charge in [0.2, 0.25) is 0 Å². The lowest BCUT2D eigenvalue weighted by molar-refractivity contribution is 0.415. The summed E-state index contributed by atoms with van der Waals surface area (Å²) in [5.41, 5.74) is 4.22. The van der Waals surface area contributed by atoms with Crippen molar-refractivity contribution in [2.75, 3.05) is 19.5 Å². The van der Waals surface area contributed by atoms with E-state index in [1.807, 2.05) is 31.2 Å². The summed E-state index contributed by atoms with van der Waals surface area (Å²) >= 11 is 1.62. The maximum absolute atomic E-state index is 5.52. The second kappa shape index (κ2) is 7.48. The van der Waals surface area contributed by atoms with Crippen LogP contribution in [-0.4, -0.2) is 24.2 Å². The minimum Gasteiger partial charge on any atom is -0.497 e. The van der Waals surface area contributed by atoms with Gasteiger partial charge in [-0.05, 0) is 49.2 Å². The van der Waals surface area contributed by atoms with Gasteiger partial charge in [0, 0.05) is 10.9 Å². The van der Waals surface area contributed by atoms with Gasteiger partial charge in [0.25, 0.3) is 0 Å². The van der Waals surface area contributed by atoms with Crippen LogP contribution in [-0.2, 0) is 0 Å². The van der Waals surface area contributed by atoms with Crippen LogP contribution < -0.4 is 14.8 Å². The number of benzene rings is 2. The van der Waals surface area contributed by atoms with Gasteiger partial charge in [0.1, 0.15) is 28.0 Å². The molecule has 0 unspecified atom stereocenters. The molecular weight excluding hydrogens is 370 g/mol. The fraction of sp³-hybridized carbons (Fsp3) is 0.182. The molecule has 0 radical (unpaired) electrons. The van der Waals surface area contributed by atoms with Crippen molar-refractivity contribution in [3.63, 3.8) is 0 Å². The average Bonchev–Trinajstić information content (AvgIpc) is 3.12. The number of anilines is 2. The van der Waals surface area contributed by atoms with E-state index < -0.39 is 0 Å². The summed E-state index contributed by atoms with van der Waals surface area (Å²) in [6.07, 6.45) is 0. The van der Waals surface area contributed by atoms with E-state index in [1.165, 1.54) is 0 Å². The molecule has 0 aliphatic heterocycles. The normalized spacial score (nSPS) is 10.9. The Morgan fingerprint density at radius 1 is 0.929 bits per heavy atom. The van der Waals surface area contributed by atoms with E-state index in [-0.39, 0.29) is 0 Å². The third-order valence-corrected chi connectivity index (χ3v) is 5.43. The van der Waals surface area contributed by atoms with Gasteiger partial charge in [-0.15, -0.1) is 11.3 Å². The van der Waals surface area contributed by atoms with E-state index in [9.17, 15) is 0 Å². The lowest BCUT2D eigenvalue weighted by Gasteiger charge is -2.13. The summed E-state index contributed by atoms with van der Waals surface area (Å²) in [5, 5.41) is 6.60. The number of methoxy groups -OCH3 is 2. The van der Waals surface area contributed by atoms with E-state index in [0.29, 0.717) is 0 Å². The second-order valence-electron chi connectivity index (χ2n) is 6.51. The monoisotopic (exact) mass is 391 g/mol. The summed E-state index contributed by atoms with van der Waals surface area (Å²) in [6.45, 7) is 3.96. The van der Waals surface area contributed by atoms with Crippen molar-refractivity contribution in [2.45, 2.75) is 13.8 Å². The summed E-state index contributed by atoms with van der Waals surface area (Å²) in [7, 11) is 3.34. The number of nitrogens with zero attached hydrogens (tertiary/aromatic N) is 2. The van der Waals surface area contributed by atoms with Gasteiger partial charge in [-0.2, -0.15) is 0 Å². The van der Waals surface area contributed by atoms with Crippen LogP contribution in [0.25, 0.3) is 21.3 Å². The number of aromatic nitrogens is 2. The predicted molar refractivity (Wildman–Crippen MR) is 115 cm³/mol. The van der Waals surface area contributed by atoms with E-state index in [1.54, 1.807) is 25.6 Å². The zero-order valence-corrected chi connectivity index (χ0v) is 17.1. The zero-order chi connectivity index (χ0) is 19.7. The Hall–Kier alpha value is -3.12. The highest BCUT2D eigenvalue weighted by atomic mass is 32.1. The van der Waals surface area contributed by atoms with Gasteiger partial charge < -0.3 is 14.8 Å². The van der Waals surface area contributed by atoms with Gasteiger partial charge in [0.15, 0.2) is 0 Å². The van der Waals surface area contributed by atoms with Gasteiger partial charge in [-0.1, -0.05) is 18.2 Å². The smallest absolute Gasteiger partial charge is 0.143 e. The van der Waals surface area contributed by atoms with Crippen LogP contribution in [0.1, 0.15) is 11.4 Å². The summed E-state index contributed by atoms with van der Waals surface area (Å²) in [4.78, 5) is 10.3. The Balaban J connectivity index is 1.86. The Kier molecular flexibility index (Phi) is 4.88. The van der Waals surface area contributed by atoms with Crippen LogP contribution in [0.2, 0.25) is 0 Å².